The topological polar surface area (TPSA) is 105 Å². The lowest BCUT2D eigenvalue weighted by Crippen LogP contribution is -2.52. The van der Waals surface area contributed by atoms with Gasteiger partial charge in [-0.25, -0.2) is 8.42 Å². The summed E-state index contributed by atoms with van der Waals surface area (Å²) in [4.78, 5) is 14.9. The Labute approximate surface area is 169 Å². The minimum Gasteiger partial charge on any atom is -0.497 e. The fourth-order valence-corrected chi connectivity index (χ4v) is 3.64. The van der Waals surface area contributed by atoms with Crippen molar-refractivity contribution in [1.29, 1.82) is 0 Å². The van der Waals surface area contributed by atoms with Gasteiger partial charge in [0.1, 0.15) is 5.75 Å². The quantitative estimate of drug-likeness (QED) is 0.515. The van der Waals surface area contributed by atoms with Crippen molar-refractivity contribution in [3.05, 3.63) is 96.1 Å². The highest BCUT2D eigenvalue weighted by Crippen LogP contribution is 2.29. The van der Waals surface area contributed by atoms with E-state index in [-0.39, 0.29) is 4.90 Å². The summed E-state index contributed by atoms with van der Waals surface area (Å²) in [7, 11) is -2.59. The van der Waals surface area contributed by atoms with E-state index in [0.29, 0.717) is 16.9 Å². The van der Waals surface area contributed by atoms with Crippen molar-refractivity contribution in [2.24, 2.45) is 0 Å². The number of carbonyl (C=O) groups is 1. The predicted molar refractivity (Wildman–Crippen MR) is 107 cm³/mol. The predicted octanol–water partition coefficient (Wildman–Crippen LogP) is 1.94. The van der Waals surface area contributed by atoms with Gasteiger partial charge >= 0.3 is 0 Å². The van der Waals surface area contributed by atoms with Crippen molar-refractivity contribution in [3.63, 3.8) is 0 Å². The van der Waals surface area contributed by atoms with Crippen LogP contribution in [0.4, 0.5) is 0 Å². The van der Waals surface area contributed by atoms with Crippen molar-refractivity contribution >= 4 is 15.9 Å². The first-order valence-corrected chi connectivity index (χ1v) is 10.2. The van der Waals surface area contributed by atoms with E-state index in [1.54, 1.807) is 60.7 Å². The van der Waals surface area contributed by atoms with E-state index in [9.17, 15) is 18.3 Å². The highest BCUT2D eigenvalue weighted by molar-refractivity contribution is 7.89. The highest BCUT2D eigenvalue weighted by atomic mass is 32.2. The van der Waals surface area contributed by atoms with E-state index in [0.717, 1.165) is 0 Å². The van der Waals surface area contributed by atoms with E-state index in [4.69, 9.17) is 4.74 Å². The number of hydrogen-bond donors (Lipinski definition) is 3. The highest BCUT2D eigenvalue weighted by Gasteiger charge is 2.40. The SMILES string of the molecule is COc1ccc(S(=O)(=O)NNC(=O)C(O)(c2ccccc2)c2ccccc2)cc1. The van der Waals surface area contributed by atoms with E-state index < -0.39 is 21.5 Å². The number of carbonyl (C=O) groups excluding carboxylic acids is 1. The van der Waals surface area contributed by atoms with Gasteiger partial charge in [0.05, 0.1) is 12.0 Å². The van der Waals surface area contributed by atoms with E-state index in [2.05, 4.69) is 5.43 Å². The summed E-state index contributed by atoms with van der Waals surface area (Å²) < 4.78 is 30.0. The second-order valence-electron chi connectivity index (χ2n) is 6.18. The molecule has 0 fully saturated rings. The minimum atomic E-state index is -4.05. The standard InChI is InChI=1S/C21H20N2O5S/c1-28-18-12-14-19(15-13-18)29(26,27)23-22-20(24)21(25,16-8-4-2-5-9-16)17-10-6-3-7-11-17/h2-15,23,25H,1H3,(H,22,24). The second kappa shape index (κ2) is 8.44. The van der Waals surface area contributed by atoms with Gasteiger partial charge < -0.3 is 9.84 Å². The Morgan fingerprint density at radius 2 is 1.34 bits per heavy atom. The summed E-state index contributed by atoms with van der Waals surface area (Å²) in [5.41, 5.74) is 0.634. The fraction of sp³-hybridized carbons (Fsp3) is 0.0952. The number of rotatable bonds is 7. The number of benzene rings is 3. The number of ether oxygens (including phenoxy) is 1. The first-order valence-electron chi connectivity index (χ1n) is 8.67. The lowest BCUT2D eigenvalue weighted by atomic mass is 9.86. The third-order valence-corrected chi connectivity index (χ3v) is 5.64. The Balaban J connectivity index is 1.87. The van der Waals surface area contributed by atoms with Gasteiger partial charge in [0.25, 0.3) is 15.9 Å². The van der Waals surface area contributed by atoms with Gasteiger partial charge in [0, 0.05) is 0 Å². The van der Waals surface area contributed by atoms with Crippen LogP contribution in [-0.4, -0.2) is 26.5 Å². The average molecular weight is 412 g/mol. The zero-order chi connectivity index (χ0) is 20.9. The molecule has 0 aromatic heterocycles. The van der Waals surface area contributed by atoms with Crippen LogP contribution in [-0.2, 0) is 20.4 Å². The molecule has 0 aliphatic carbocycles. The molecule has 7 nitrogen and oxygen atoms in total. The van der Waals surface area contributed by atoms with Crippen molar-refractivity contribution in [2.45, 2.75) is 10.5 Å². The van der Waals surface area contributed by atoms with Gasteiger partial charge in [-0.2, -0.15) is 0 Å². The maximum absolute atomic E-state index is 12.9. The normalized spacial score (nSPS) is 11.7. The lowest BCUT2D eigenvalue weighted by molar-refractivity contribution is -0.137. The number of nitrogens with one attached hydrogen (secondary N) is 2. The van der Waals surface area contributed by atoms with Crippen LogP contribution in [0.3, 0.4) is 0 Å². The Morgan fingerprint density at radius 1 is 0.862 bits per heavy atom. The third kappa shape index (κ3) is 4.29. The zero-order valence-corrected chi connectivity index (χ0v) is 16.4. The molecule has 0 saturated carbocycles. The molecule has 0 spiro atoms. The van der Waals surface area contributed by atoms with Crippen molar-refractivity contribution in [3.8, 4) is 5.75 Å². The summed E-state index contributed by atoms with van der Waals surface area (Å²) in [6, 6.07) is 22.2. The Morgan fingerprint density at radius 3 is 1.79 bits per heavy atom. The zero-order valence-electron chi connectivity index (χ0n) is 15.6. The largest absolute Gasteiger partial charge is 0.497 e. The number of methoxy groups -OCH3 is 1. The van der Waals surface area contributed by atoms with E-state index in [1.165, 1.54) is 31.4 Å². The molecule has 3 aromatic rings. The van der Waals surface area contributed by atoms with Crippen LogP contribution < -0.4 is 15.0 Å². The molecule has 0 bridgehead atoms. The molecule has 29 heavy (non-hydrogen) atoms. The maximum atomic E-state index is 12.9. The number of hydrogen-bond acceptors (Lipinski definition) is 5. The molecule has 0 radical (unpaired) electrons. The minimum absolute atomic E-state index is 0.0680. The van der Waals surface area contributed by atoms with Crippen LogP contribution in [0.15, 0.2) is 89.8 Å². The van der Waals surface area contributed by atoms with Crippen LogP contribution in [0.5, 0.6) is 5.75 Å². The molecule has 0 saturated heterocycles. The molecule has 0 atom stereocenters. The fourth-order valence-electron chi connectivity index (χ4n) is 2.81. The van der Waals surface area contributed by atoms with Crippen molar-refractivity contribution < 1.29 is 23.1 Å². The lowest BCUT2D eigenvalue weighted by Gasteiger charge is -2.28. The summed E-state index contributed by atoms with van der Waals surface area (Å²) in [6.07, 6.45) is 0. The van der Waals surface area contributed by atoms with Gasteiger partial charge in [-0.1, -0.05) is 60.7 Å². The Kier molecular flexibility index (Phi) is 5.97. The van der Waals surface area contributed by atoms with E-state index >= 15 is 0 Å². The second-order valence-corrected chi connectivity index (χ2v) is 7.86. The molecule has 8 heteroatoms. The van der Waals surface area contributed by atoms with Crippen molar-refractivity contribution in [1.82, 2.24) is 10.3 Å². The van der Waals surface area contributed by atoms with Crippen molar-refractivity contribution in [2.75, 3.05) is 7.11 Å². The molecule has 0 aliphatic rings. The smallest absolute Gasteiger partial charge is 0.276 e. The van der Waals surface area contributed by atoms with Gasteiger partial charge in [0.2, 0.25) is 0 Å². The van der Waals surface area contributed by atoms with Crippen LogP contribution in [0.2, 0.25) is 0 Å². The summed E-state index contributed by atoms with van der Waals surface area (Å²) in [5, 5.41) is 11.3. The van der Waals surface area contributed by atoms with Gasteiger partial charge in [0.15, 0.2) is 5.60 Å². The summed E-state index contributed by atoms with van der Waals surface area (Å²) >= 11 is 0. The molecular formula is C21H20N2O5S. The van der Waals surface area contributed by atoms with Crippen LogP contribution in [0, 0.1) is 0 Å². The molecule has 3 aromatic carbocycles. The maximum Gasteiger partial charge on any atom is 0.276 e. The van der Waals surface area contributed by atoms with Gasteiger partial charge in [-0.3, -0.25) is 10.2 Å². The molecular weight excluding hydrogens is 392 g/mol. The molecule has 0 heterocycles. The molecule has 3 N–H and O–H groups in total. The Bertz CT molecular complexity index is 1030. The number of sulfonamides is 1. The average Bonchev–Trinajstić information content (AvgIpc) is 2.78. The molecule has 3 rings (SSSR count). The summed E-state index contributed by atoms with van der Waals surface area (Å²) in [6.45, 7) is 0. The third-order valence-electron chi connectivity index (χ3n) is 4.38. The monoisotopic (exact) mass is 412 g/mol. The number of aliphatic hydroxyl groups is 1. The number of hydrazine groups is 1. The Hall–Kier alpha value is -3.20. The first-order chi connectivity index (χ1) is 13.9. The molecule has 0 unspecified atom stereocenters. The van der Waals surface area contributed by atoms with Crippen LogP contribution in [0.25, 0.3) is 0 Å². The molecule has 0 aliphatic heterocycles. The molecule has 1 amide bonds. The van der Waals surface area contributed by atoms with Gasteiger partial charge in [-0.05, 0) is 35.4 Å². The first kappa shape index (κ1) is 20.5. The van der Waals surface area contributed by atoms with Gasteiger partial charge in [-0.15, -0.1) is 4.83 Å². The van der Waals surface area contributed by atoms with E-state index in [1.807, 2.05) is 4.83 Å². The summed E-state index contributed by atoms with van der Waals surface area (Å²) in [5.74, 6) is -0.442. The number of amides is 1. The van der Waals surface area contributed by atoms with Crippen LogP contribution >= 0.6 is 0 Å². The van der Waals surface area contributed by atoms with Crippen LogP contribution in [0.1, 0.15) is 11.1 Å². The molecule has 150 valence electrons.